The summed E-state index contributed by atoms with van der Waals surface area (Å²) in [6, 6.07) is 25.0. The molecule has 6 aromatic rings. The number of fused-ring (bicyclic) bond motifs is 5. The normalized spacial score (nSPS) is 11.5. The van der Waals surface area contributed by atoms with Gasteiger partial charge < -0.3 is 9.72 Å². The van der Waals surface area contributed by atoms with Gasteiger partial charge in [-0.05, 0) is 60.7 Å². The van der Waals surface area contributed by atoms with Crippen LogP contribution in [0.25, 0.3) is 44.3 Å². The van der Waals surface area contributed by atoms with E-state index in [1.807, 2.05) is 24.5 Å². The largest absolute Gasteiger partial charge is 0.497 e. The number of hydrogen-bond donors (Lipinski definition) is 1. The second-order valence-electron chi connectivity index (χ2n) is 7.57. The average molecular weight is 408 g/mol. The molecular formula is C26H19FN3O+. The van der Waals surface area contributed by atoms with Crippen molar-refractivity contribution < 1.29 is 13.5 Å². The summed E-state index contributed by atoms with van der Waals surface area (Å²) in [6.45, 7) is 0. The Morgan fingerprint density at radius 2 is 1.65 bits per heavy atom. The molecule has 0 spiro atoms. The molecule has 0 unspecified atom stereocenters. The lowest BCUT2D eigenvalue weighted by molar-refractivity contribution is -0.510. The Balaban J connectivity index is 1.74. The number of aromatic nitrogens is 3. The van der Waals surface area contributed by atoms with Gasteiger partial charge >= 0.3 is 0 Å². The van der Waals surface area contributed by atoms with Gasteiger partial charge in [0.15, 0.2) is 5.69 Å². The van der Waals surface area contributed by atoms with Crippen molar-refractivity contribution in [2.24, 2.45) is 0 Å². The number of benzene rings is 3. The maximum absolute atomic E-state index is 13.6. The van der Waals surface area contributed by atoms with Crippen LogP contribution >= 0.6 is 0 Å². The number of ether oxygens (including phenoxy) is 1. The minimum absolute atomic E-state index is 0.253. The summed E-state index contributed by atoms with van der Waals surface area (Å²) >= 11 is 0. The molecule has 0 aliphatic rings. The molecule has 0 fully saturated rings. The fourth-order valence-corrected chi connectivity index (χ4v) is 4.34. The van der Waals surface area contributed by atoms with E-state index in [1.165, 1.54) is 22.9 Å². The van der Waals surface area contributed by atoms with Crippen molar-refractivity contribution in [2.75, 3.05) is 7.11 Å². The number of para-hydroxylation sites is 1. The second-order valence-corrected chi connectivity index (χ2v) is 7.57. The molecule has 0 aliphatic carbocycles. The highest BCUT2D eigenvalue weighted by atomic mass is 19.1. The topological polar surface area (TPSA) is 34.0 Å². The molecule has 0 aliphatic heterocycles. The molecule has 4 nitrogen and oxygen atoms in total. The van der Waals surface area contributed by atoms with Crippen molar-refractivity contribution >= 4 is 27.3 Å². The number of rotatable bonds is 3. The maximum Gasteiger partial charge on any atom is 0.254 e. The van der Waals surface area contributed by atoms with Crippen LogP contribution in [0.15, 0.2) is 91.4 Å². The molecule has 0 atom stereocenters. The quantitative estimate of drug-likeness (QED) is 0.377. The summed E-state index contributed by atoms with van der Waals surface area (Å²) in [6.07, 6.45) is 4.11. The van der Waals surface area contributed by atoms with Gasteiger partial charge in [0.2, 0.25) is 5.52 Å². The lowest BCUT2D eigenvalue weighted by Crippen LogP contribution is -2.17. The van der Waals surface area contributed by atoms with Gasteiger partial charge in [0, 0.05) is 21.9 Å². The fraction of sp³-hybridized carbons (Fsp3) is 0.0385. The van der Waals surface area contributed by atoms with E-state index < -0.39 is 0 Å². The zero-order chi connectivity index (χ0) is 20.9. The average Bonchev–Trinajstić information content (AvgIpc) is 3.38. The van der Waals surface area contributed by atoms with Gasteiger partial charge in [0.05, 0.1) is 18.8 Å². The fourth-order valence-electron chi connectivity index (χ4n) is 4.34. The number of aromatic amines is 1. The Kier molecular flexibility index (Phi) is 3.83. The number of pyridine rings is 1. The van der Waals surface area contributed by atoms with Crippen molar-refractivity contribution in [1.82, 2.24) is 9.55 Å². The molecule has 6 rings (SSSR count). The maximum atomic E-state index is 13.6. The summed E-state index contributed by atoms with van der Waals surface area (Å²) in [5, 5.41) is 2.36. The molecule has 0 bridgehead atoms. The summed E-state index contributed by atoms with van der Waals surface area (Å²) in [5.74, 6) is 0.550. The molecular weight excluding hydrogens is 389 g/mol. The lowest BCUT2D eigenvalue weighted by atomic mass is 10.1. The number of halogens is 1. The Morgan fingerprint density at radius 1 is 0.871 bits per heavy atom. The molecule has 5 heteroatoms. The predicted octanol–water partition coefficient (Wildman–Crippen LogP) is 5.67. The molecule has 3 heterocycles. The Hall–Kier alpha value is -4.12. The van der Waals surface area contributed by atoms with E-state index in [2.05, 4.69) is 56.5 Å². The van der Waals surface area contributed by atoms with Crippen molar-refractivity contribution in [2.45, 2.75) is 0 Å². The highest BCUT2D eigenvalue weighted by Gasteiger charge is 2.25. The van der Waals surface area contributed by atoms with Crippen LogP contribution in [0.2, 0.25) is 0 Å². The van der Waals surface area contributed by atoms with Crippen LogP contribution in [0.3, 0.4) is 0 Å². The number of methoxy groups -OCH3 is 1. The summed E-state index contributed by atoms with van der Waals surface area (Å²) in [4.78, 5) is 3.61. The summed E-state index contributed by atoms with van der Waals surface area (Å²) < 4.78 is 23.2. The smallest absolute Gasteiger partial charge is 0.254 e. The van der Waals surface area contributed by atoms with Crippen molar-refractivity contribution in [3.8, 4) is 22.7 Å². The van der Waals surface area contributed by atoms with E-state index in [0.717, 1.165) is 39.2 Å². The molecule has 3 aromatic carbocycles. The van der Waals surface area contributed by atoms with Gasteiger partial charge in [-0.25, -0.2) is 4.39 Å². The minimum atomic E-state index is -0.253. The van der Waals surface area contributed by atoms with Crippen LogP contribution in [0.1, 0.15) is 0 Å². The minimum Gasteiger partial charge on any atom is -0.497 e. The summed E-state index contributed by atoms with van der Waals surface area (Å²) in [7, 11) is 1.66. The van der Waals surface area contributed by atoms with E-state index in [-0.39, 0.29) is 5.82 Å². The molecule has 0 radical (unpaired) electrons. The van der Waals surface area contributed by atoms with Gasteiger partial charge in [-0.15, -0.1) is 0 Å². The van der Waals surface area contributed by atoms with E-state index in [1.54, 1.807) is 19.2 Å². The Morgan fingerprint density at radius 3 is 2.42 bits per heavy atom. The molecule has 150 valence electrons. The van der Waals surface area contributed by atoms with Crippen molar-refractivity contribution in [1.29, 1.82) is 0 Å². The van der Waals surface area contributed by atoms with Crippen LogP contribution in [-0.2, 0) is 0 Å². The SMILES string of the molecule is COc1ccc(-c2c3c4[nH]c5ccccc5c4cc[n+]3cn2-c2ccc(F)cc2)cc1. The van der Waals surface area contributed by atoms with Gasteiger partial charge in [0.1, 0.15) is 17.3 Å². The van der Waals surface area contributed by atoms with Gasteiger partial charge in [0.25, 0.3) is 6.33 Å². The number of imidazole rings is 1. The molecule has 3 aromatic heterocycles. The van der Waals surface area contributed by atoms with E-state index in [4.69, 9.17) is 4.74 Å². The number of nitrogens with zero attached hydrogens (tertiary/aromatic N) is 2. The third-order valence-corrected chi connectivity index (χ3v) is 5.82. The highest BCUT2D eigenvalue weighted by molar-refractivity contribution is 6.13. The monoisotopic (exact) mass is 408 g/mol. The van der Waals surface area contributed by atoms with E-state index in [9.17, 15) is 4.39 Å². The zero-order valence-electron chi connectivity index (χ0n) is 16.8. The number of H-pyrrole nitrogens is 1. The first-order valence-electron chi connectivity index (χ1n) is 10.1. The highest BCUT2D eigenvalue weighted by Crippen LogP contribution is 2.34. The van der Waals surface area contributed by atoms with E-state index >= 15 is 0 Å². The molecule has 0 saturated heterocycles. The van der Waals surface area contributed by atoms with Gasteiger partial charge in [-0.2, -0.15) is 8.97 Å². The lowest BCUT2D eigenvalue weighted by Gasteiger charge is -2.04. The predicted molar refractivity (Wildman–Crippen MR) is 120 cm³/mol. The van der Waals surface area contributed by atoms with Crippen LogP contribution in [0.5, 0.6) is 5.75 Å². The van der Waals surface area contributed by atoms with Crippen molar-refractivity contribution in [3.05, 3.63) is 97.2 Å². The van der Waals surface area contributed by atoms with Crippen LogP contribution in [0.4, 0.5) is 4.39 Å². The molecule has 31 heavy (non-hydrogen) atoms. The van der Waals surface area contributed by atoms with Crippen LogP contribution in [-0.4, -0.2) is 16.7 Å². The Bertz CT molecular complexity index is 1560. The third kappa shape index (κ3) is 2.70. The molecule has 0 saturated carbocycles. The Labute approximate surface area is 177 Å². The van der Waals surface area contributed by atoms with E-state index in [0.29, 0.717) is 0 Å². The standard InChI is InChI=1S/C26H19FN3O/c1-31-20-12-6-17(7-13-20)25-26-24-22(21-4-2-3-5-23(21)28-24)14-15-29(26)16-30(25)19-10-8-18(27)9-11-19/h2-16,28H,1H3/q+1. The van der Waals surface area contributed by atoms with Crippen molar-refractivity contribution in [3.63, 3.8) is 0 Å². The second kappa shape index (κ2) is 6.71. The van der Waals surface area contributed by atoms with Crippen LogP contribution in [0, 0.1) is 5.82 Å². The first kappa shape index (κ1) is 17.7. The third-order valence-electron chi connectivity index (χ3n) is 5.82. The number of hydrogen-bond acceptors (Lipinski definition) is 1. The van der Waals surface area contributed by atoms with Gasteiger partial charge in [-0.1, -0.05) is 18.2 Å². The number of nitrogens with one attached hydrogen (secondary N) is 1. The van der Waals surface area contributed by atoms with Crippen LogP contribution < -0.4 is 9.14 Å². The summed E-state index contributed by atoms with van der Waals surface area (Å²) in [5.41, 5.74) is 6.17. The zero-order valence-corrected chi connectivity index (χ0v) is 16.8. The first-order valence-corrected chi connectivity index (χ1v) is 10.1. The molecule has 1 N–H and O–H groups in total. The van der Waals surface area contributed by atoms with Gasteiger partial charge in [-0.3, -0.25) is 0 Å². The molecule has 0 amide bonds. The first-order chi connectivity index (χ1) is 15.2.